The summed E-state index contributed by atoms with van der Waals surface area (Å²) in [5, 5.41) is 9.12. The van der Waals surface area contributed by atoms with E-state index in [2.05, 4.69) is 9.80 Å². The van der Waals surface area contributed by atoms with Crippen LogP contribution in [0.5, 0.6) is 0 Å². The molecule has 4 heteroatoms. The Morgan fingerprint density at radius 3 is 2.47 bits per heavy atom. The van der Waals surface area contributed by atoms with Crippen molar-refractivity contribution in [3.63, 3.8) is 0 Å². The summed E-state index contributed by atoms with van der Waals surface area (Å²) >= 11 is 0. The number of carbonyl (C=O) groups is 1. The van der Waals surface area contributed by atoms with Gasteiger partial charge >= 0.3 is 5.97 Å². The molecule has 0 aromatic rings. The van der Waals surface area contributed by atoms with Gasteiger partial charge in [0, 0.05) is 25.7 Å². The van der Waals surface area contributed by atoms with E-state index < -0.39 is 5.97 Å². The van der Waals surface area contributed by atoms with Gasteiger partial charge in [-0.05, 0) is 38.8 Å². The fourth-order valence-corrected chi connectivity index (χ4v) is 3.40. The lowest BCUT2D eigenvalue weighted by atomic mass is 10.1. The monoisotopic (exact) mass is 268 g/mol. The first kappa shape index (κ1) is 14.8. The summed E-state index contributed by atoms with van der Waals surface area (Å²) in [4.78, 5) is 16.0. The molecule has 0 amide bonds. The van der Waals surface area contributed by atoms with Gasteiger partial charge in [-0.1, -0.05) is 19.8 Å². The topological polar surface area (TPSA) is 43.8 Å². The summed E-state index contributed by atoms with van der Waals surface area (Å²) in [5.41, 5.74) is 0. The van der Waals surface area contributed by atoms with Crippen LogP contribution in [0.2, 0.25) is 0 Å². The lowest BCUT2D eigenvalue weighted by molar-refractivity contribution is -0.141. The minimum absolute atomic E-state index is 0.251. The second-order valence-corrected chi connectivity index (χ2v) is 6.22. The first-order chi connectivity index (χ1) is 9.16. The van der Waals surface area contributed by atoms with Gasteiger partial charge in [0.25, 0.3) is 0 Å². The minimum Gasteiger partial charge on any atom is -0.481 e. The second-order valence-electron chi connectivity index (χ2n) is 6.22. The molecule has 1 atom stereocenters. The first-order valence-corrected chi connectivity index (χ1v) is 7.86. The van der Waals surface area contributed by atoms with E-state index >= 15 is 0 Å². The van der Waals surface area contributed by atoms with Crippen LogP contribution in [-0.2, 0) is 4.79 Å². The summed E-state index contributed by atoms with van der Waals surface area (Å²) in [5.74, 6) is -0.914. The van der Waals surface area contributed by atoms with E-state index in [4.69, 9.17) is 5.11 Å². The van der Waals surface area contributed by atoms with E-state index in [-0.39, 0.29) is 5.92 Å². The van der Waals surface area contributed by atoms with Gasteiger partial charge in [0.05, 0.1) is 5.92 Å². The normalized spacial score (nSPS) is 23.3. The van der Waals surface area contributed by atoms with Gasteiger partial charge in [0.2, 0.25) is 0 Å². The Morgan fingerprint density at radius 1 is 1.26 bits per heavy atom. The van der Waals surface area contributed by atoms with E-state index in [9.17, 15) is 4.79 Å². The average Bonchev–Trinajstić information content (AvgIpc) is 3.06. The van der Waals surface area contributed by atoms with Crippen LogP contribution in [0.3, 0.4) is 0 Å². The van der Waals surface area contributed by atoms with Crippen molar-refractivity contribution in [1.82, 2.24) is 9.80 Å². The van der Waals surface area contributed by atoms with E-state index in [1.807, 2.05) is 6.92 Å². The van der Waals surface area contributed by atoms with Crippen molar-refractivity contribution in [3.05, 3.63) is 0 Å². The molecule has 110 valence electrons. The summed E-state index contributed by atoms with van der Waals surface area (Å²) in [6.07, 6.45) is 7.79. The van der Waals surface area contributed by atoms with E-state index in [0.29, 0.717) is 12.6 Å². The number of hydrogen-bond acceptors (Lipinski definition) is 3. The van der Waals surface area contributed by atoms with Crippen molar-refractivity contribution in [2.24, 2.45) is 5.92 Å². The van der Waals surface area contributed by atoms with Crippen molar-refractivity contribution in [1.29, 1.82) is 0 Å². The third-order valence-corrected chi connectivity index (χ3v) is 4.67. The molecule has 1 aliphatic carbocycles. The minimum atomic E-state index is -0.663. The molecule has 19 heavy (non-hydrogen) atoms. The van der Waals surface area contributed by atoms with Crippen molar-refractivity contribution >= 4 is 5.97 Å². The molecule has 1 unspecified atom stereocenters. The molecule has 1 aliphatic heterocycles. The number of carboxylic acids is 1. The number of hydrogen-bond donors (Lipinski definition) is 1. The van der Waals surface area contributed by atoms with E-state index in [1.165, 1.54) is 51.6 Å². The van der Waals surface area contributed by atoms with Crippen LogP contribution in [0.25, 0.3) is 0 Å². The molecule has 1 N–H and O–H groups in total. The van der Waals surface area contributed by atoms with Crippen molar-refractivity contribution in [2.75, 3.05) is 32.7 Å². The van der Waals surface area contributed by atoms with Crippen LogP contribution in [-0.4, -0.2) is 59.6 Å². The Balaban J connectivity index is 1.83. The maximum atomic E-state index is 11.1. The van der Waals surface area contributed by atoms with Gasteiger partial charge in [-0.25, -0.2) is 0 Å². The number of nitrogens with zero attached hydrogens (tertiary/aromatic N) is 2. The number of carboxylic acid groups (broad SMARTS) is 1. The Kier molecular flexibility index (Phi) is 5.64. The molecule has 4 nitrogen and oxygen atoms in total. The van der Waals surface area contributed by atoms with Gasteiger partial charge in [0.15, 0.2) is 0 Å². The summed E-state index contributed by atoms with van der Waals surface area (Å²) in [7, 11) is 0. The molecule has 1 saturated carbocycles. The third-order valence-electron chi connectivity index (χ3n) is 4.67. The smallest absolute Gasteiger partial charge is 0.307 e. The molecule has 1 heterocycles. The van der Waals surface area contributed by atoms with Gasteiger partial charge in [-0.3, -0.25) is 9.69 Å². The zero-order chi connectivity index (χ0) is 13.7. The molecular formula is C15H28N2O2. The SMILES string of the molecule is CC(CN(CCN1CCCC1)C1CCCC1)C(=O)O. The molecule has 0 bridgehead atoms. The van der Waals surface area contributed by atoms with Crippen LogP contribution < -0.4 is 0 Å². The highest BCUT2D eigenvalue weighted by molar-refractivity contribution is 5.69. The lowest BCUT2D eigenvalue weighted by Crippen LogP contribution is -2.42. The third kappa shape index (κ3) is 4.46. The van der Waals surface area contributed by atoms with Crippen LogP contribution >= 0.6 is 0 Å². The Hall–Kier alpha value is -0.610. The highest BCUT2D eigenvalue weighted by Gasteiger charge is 2.26. The molecule has 0 aromatic heterocycles. The molecule has 0 spiro atoms. The van der Waals surface area contributed by atoms with Crippen molar-refractivity contribution < 1.29 is 9.90 Å². The van der Waals surface area contributed by atoms with Crippen LogP contribution in [0.15, 0.2) is 0 Å². The summed E-state index contributed by atoms with van der Waals surface area (Å²) in [6.45, 7) is 7.17. The van der Waals surface area contributed by atoms with E-state index in [1.54, 1.807) is 0 Å². The second kappa shape index (κ2) is 7.25. The molecule has 1 saturated heterocycles. The lowest BCUT2D eigenvalue weighted by Gasteiger charge is -2.31. The van der Waals surface area contributed by atoms with Gasteiger partial charge in [-0.15, -0.1) is 0 Å². The molecule has 2 aliphatic rings. The van der Waals surface area contributed by atoms with Gasteiger partial charge < -0.3 is 10.0 Å². The summed E-state index contributed by atoms with van der Waals surface area (Å²) in [6, 6.07) is 0.629. The highest BCUT2D eigenvalue weighted by atomic mass is 16.4. The van der Waals surface area contributed by atoms with Crippen molar-refractivity contribution in [2.45, 2.75) is 51.5 Å². The van der Waals surface area contributed by atoms with Gasteiger partial charge in [-0.2, -0.15) is 0 Å². The predicted molar refractivity (Wildman–Crippen MR) is 76.3 cm³/mol. The maximum absolute atomic E-state index is 11.1. The molecular weight excluding hydrogens is 240 g/mol. The maximum Gasteiger partial charge on any atom is 0.307 e. The fourth-order valence-electron chi connectivity index (χ4n) is 3.40. The number of aliphatic carboxylic acids is 1. The average molecular weight is 268 g/mol. The Labute approximate surface area is 116 Å². The Bertz CT molecular complexity index is 284. The largest absolute Gasteiger partial charge is 0.481 e. The standard InChI is InChI=1S/C15H28N2O2/c1-13(15(18)19)12-17(14-6-2-3-7-14)11-10-16-8-4-5-9-16/h13-14H,2-12H2,1H3,(H,18,19). The van der Waals surface area contributed by atoms with Crippen LogP contribution in [0, 0.1) is 5.92 Å². The highest BCUT2D eigenvalue weighted by Crippen LogP contribution is 2.24. The molecule has 0 radical (unpaired) electrons. The number of likely N-dealkylation sites (tertiary alicyclic amines) is 1. The van der Waals surface area contributed by atoms with Gasteiger partial charge in [0.1, 0.15) is 0 Å². The van der Waals surface area contributed by atoms with Crippen LogP contribution in [0.4, 0.5) is 0 Å². The fraction of sp³-hybridized carbons (Fsp3) is 0.933. The first-order valence-electron chi connectivity index (χ1n) is 7.86. The predicted octanol–water partition coefficient (Wildman–Crippen LogP) is 2.05. The van der Waals surface area contributed by atoms with Crippen LogP contribution in [0.1, 0.15) is 45.4 Å². The zero-order valence-electron chi connectivity index (χ0n) is 12.2. The molecule has 0 aromatic carbocycles. The van der Waals surface area contributed by atoms with E-state index in [0.717, 1.165) is 13.1 Å². The quantitative estimate of drug-likeness (QED) is 0.767. The van der Waals surface area contributed by atoms with Crippen molar-refractivity contribution in [3.8, 4) is 0 Å². The zero-order valence-corrected chi connectivity index (χ0v) is 12.2. The number of rotatable bonds is 7. The Morgan fingerprint density at radius 2 is 1.89 bits per heavy atom. The summed E-state index contributed by atoms with van der Waals surface area (Å²) < 4.78 is 0. The molecule has 2 rings (SSSR count). The molecule has 2 fully saturated rings.